The molecule has 0 aromatic carbocycles. The quantitative estimate of drug-likeness (QED) is 0.837. The average molecular weight is 227 g/mol. The van der Waals surface area contributed by atoms with Crippen LogP contribution in [-0.2, 0) is 5.54 Å². The molecule has 0 saturated carbocycles. The summed E-state index contributed by atoms with van der Waals surface area (Å²) in [4.78, 5) is 4.25. The summed E-state index contributed by atoms with van der Waals surface area (Å²) in [6.07, 6.45) is 6.01. The van der Waals surface area contributed by atoms with Gasteiger partial charge in [-0.2, -0.15) is 11.8 Å². The predicted octanol–water partition coefficient (Wildman–Crippen LogP) is 2.26. The first kappa shape index (κ1) is 12.6. The van der Waals surface area contributed by atoms with Crippen LogP contribution in [0, 0.1) is 0 Å². The number of hydrogen-bond donors (Lipinski definition) is 1. The maximum absolute atomic E-state index is 4.25. The third kappa shape index (κ3) is 2.75. The molecular formula is C11H21N3S. The molecule has 0 radical (unpaired) electrons. The van der Waals surface area contributed by atoms with Gasteiger partial charge in [0.15, 0.2) is 0 Å². The van der Waals surface area contributed by atoms with Gasteiger partial charge in [-0.25, -0.2) is 4.98 Å². The van der Waals surface area contributed by atoms with Crippen LogP contribution >= 0.6 is 11.8 Å². The molecule has 0 aliphatic rings. The van der Waals surface area contributed by atoms with E-state index < -0.39 is 0 Å². The highest BCUT2D eigenvalue weighted by molar-refractivity contribution is 7.98. The van der Waals surface area contributed by atoms with Gasteiger partial charge in [-0.1, -0.05) is 0 Å². The molecule has 86 valence electrons. The molecule has 1 rings (SSSR count). The zero-order chi connectivity index (χ0) is 11.5. The summed E-state index contributed by atoms with van der Waals surface area (Å²) < 4.78 is 2.26. The van der Waals surface area contributed by atoms with Crippen molar-refractivity contribution >= 4 is 11.8 Å². The largest absolute Gasteiger partial charge is 0.329 e. The van der Waals surface area contributed by atoms with E-state index in [9.17, 15) is 0 Å². The Morgan fingerprint density at radius 2 is 2.27 bits per heavy atom. The molecule has 0 saturated heterocycles. The number of hydrogen-bond acceptors (Lipinski definition) is 3. The Kier molecular flexibility index (Phi) is 4.22. The second-order valence-electron chi connectivity index (χ2n) is 4.37. The fourth-order valence-electron chi connectivity index (χ4n) is 1.59. The molecule has 3 nitrogen and oxygen atoms in total. The SMILES string of the molecule is CNC(C)(C)c1cncn1C(C)CSC. The van der Waals surface area contributed by atoms with Gasteiger partial charge < -0.3 is 9.88 Å². The van der Waals surface area contributed by atoms with Gasteiger partial charge in [-0.3, -0.25) is 0 Å². The van der Waals surface area contributed by atoms with Gasteiger partial charge in [-0.15, -0.1) is 0 Å². The first-order valence-electron chi connectivity index (χ1n) is 5.23. The monoisotopic (exact) mass is 227 g/mol. The number of imidazole rings is 1. The summed E-state index contributed by atoms with van der Waals surface area (Å²) in [6.45, 7) is 6.58. The summed E-state index contributed by atoms with van der Waals surface area (Å²) >= 11 is 1.87. The van der Waals surface area contributed by atoms with Crippen molar-refractivity contribution < 1.29 is 0 Å². The van der Waals surface area contributed by atoms with Crippen molar-refractivity contribution in [3.05, 3.63) is 18.2 Å². The van der Waals surface area contributed by atoms with Crippen LogP contribution in [0.4, 0.5) is 0 Å². The molecule has 0 fully saturated rings. The van der Waals surface area contributed by atoms with Crippen molar-refractivity contribution in [1.29, 1.82) is 0 Å². The zero-order valence-corrected chi connectivity index (χ0v) is 11.1. The Balaban J connectivity index is 2.96. The van der Waals surface area contributed by atoms with E-state index >= 15 is 0 Å². The minimum Gasteiger partial charge on any atom is -0.329 e. The molecule has 0 bridgehead atoms. The van der Waals surface area contributed by atoms with Gasteiger partial charge in [0.2, 0.25) is 0 Å². The number of nitrogens with zero attached hydrogens (tertiary/aromatic N) is 2. The van der Waals surface area contributed by atoms with Gasteiger partial charge in [0.05, 0.1) is 23.8 Å². The van der Waals surface area contributed by atoms with E-state index in [4.69, 9.17) is 0 Å². The lowest BCUT2D eigenvalue weighted by molar-refractivity contribution is 0.398. The lowest BCUT2D eigenvalue weighted by Gasteiger charge is -2.27. The van der Waals surface area contributed by atoms with Crippen LogP contribution in [0.25, 0.3) is 0 Å². The summed E-state index contributed by atoms with van der Waals surface area (Å²) in [5.74, 6) is 1.11. The highest BCUT2D eigenvalue weighted by Crippen LogP contribution is 2.23. The molecule has 0 aliphatic heterocycles. The van der Waals surface area contributed by atoms with Crippen molar-refractivity contribution in [3.63, 3.8) is 0 Å². The van der Waals surface area contributed by atoms with Gasteiger partial charge >= 0.3 is 0 Å². The van der Waals surface area contributed by atoms with Crippen LogP contribution in [-0.4, -0.2) is 28.6 Å². The minimum atomic E-state index is -0.0246. The smallest absolute Gasteiger partial charge is 0.0951 e. The van der Waals surface area contributed by atoms with E-state index in [2.05, 4.69) is 41.9 Å². The highest BCUT2D eigenvalue weighted by atomic mass is 32.2. The summed E-state index contributed by atoms with van der Waals surface area (Å²) in [5, 5.41) is 3.31. The van der Waals surface area contributed by atoms with Crippen molar-refractivity contribution in [2.75, 3.05) is 19.1 Å². The highest BCUT2D eigenvalue weighted by Gasteiger charge is 2.23. The molecule has 0 spiro atoms. The van der Waals surface area contributed by atoms with Crippen LogP contribution in [0.5, 0.6) is 0 Å². The molecule has 0 amide bonds. The van der Waals surface area contributed by atoms with Crippen LogP contribution in [0.3, 0.4) is 0 Å². The van der Waals surface area contributed by atoms with E-state index in [0.717, 1.165) is 5.75 Å². The van der Waals surface area contributed by atoms with E-state index in [-0.39, 0.29) is 5.54 Å². The number of thioether (sulfide) groups is 1. The van der Waals surface area contributed by atoms with E-state index in [1.165, 1.54) is 5.69 Å². The third-order valence-electron chi connectivity index (χ3n) is 2.81. The van der Waals surface area contributed by atoms with E-state index in [0.29, 0.717) is 6.04 Å². The fourth-order valence-corrected chi connectivity index (χ4v) is 2.23. The Labute approximate surface area is 96.7 Å². The summed E-state index contributed by atoms with van der Waals surface area (Å²) in [6, 6.07) is 0.491. The third-order valence-corrected chi connectivity index (χ3v) is 3.63. The van der Waals surface area contributed by atoms with Gasteiger partial charge in [0, 0.05) is 11.8 Å². The second-order valence-corrected chi connectivity index (χ2v) is 5.28. The van der Waals surface area contributed by atoms with Crippen molar-refractivity contribution in [2.24, 2.45) is 0 Å². The van der Waals surface area contributed by atoms with E-state index in [1.54, 1.807) is 0 Å². The summed E-state index contributed by atoms with van der Waals surface area (Å²) in [7, 11) is 1.98. The Bertz CT molecular complexity index is 307. The molecule has 15 heavy (non-hydrogen) atoms. The molecule has 1 aromatic heterocycles. The van der Waals surface area contributed by atoms with Crippen molar-refractivity contribution in [2.45, 2.75) is 32.4 Å². The molecule has 1 heterocycles. The minimum absolute atomic E-state index is 0.0246. The normalized spacial score (nSPS) is 14.2. The maximum Gasteiger partial charge on any atom is 0.0951 e. The second kappa shape index (κ2) is 5.03. The molecule has 1 atom stereocenters. The van der Waals surface area contributed by atoms with E-state index in [1.807, 2.05) is 31.3 Å². The first-order chi connectivity index (χ1) is 7.03. The van der Waals surface area contributed by atoms with Crippen molar-refractivity contribution in [3.8, 4) is 0 Å². The van der Waals surface area contributed by atoms with Gasteiger partial charge in [-0.05, 0) is 34.1 Å². The summed E-state index contributed by atoms with van der Waals surface area (Å²) in [5.41, 5.74) is 1.22. The predicted molar refractivity (Wildman–Crippen MR) is 67.4 cm³/mol. The lowest BCUT2D eigenvalue weighted by Crippen LogP contribution is -2.36. The maximum atomic E-state index is 4.25. The van der Waals surface area contributed by atoms with Crippen molar-refractivity contribution in [1.82, 2.24) is 14.9 Å². The number of aromatic nitrogens is 2. The lowest BCUT2D eigenvalue weighted by atomic mass is 10.0. The molecular weight excluding hydrogens is 206 g/mol. The van der Waals surface area contributed by atoms with Crippen LogP contribution in [0.1, 0.15) is 32.5 Å². The molecule has 4 heteroatoms. The Morgan fingerprint density at radius 1 is 1.60 bits per heavy atom. The van der Waals surface area contributed by atoms with Gasteiger partial charge in [0.1, 0.15) is 0 Å². The topological polar surface area (TPSA) is 29.9 Å². The molecule has 1 unspecified atom stereocenters. The fraction of sp³-hybridized carbons (Fsp3) is 0.727. The Hall–Kier alpha value is -0.480. The standard InChI is InChI=1S/C11H21N3S/c1-9(7-15-5)14-8-13-6-10(14)11(2,3)12-4/h6,8-9,12H,7H2,1-5H3. The van der Waals surface area contributed by atoms with Crippen LogP contribution < -0.4 is 5.32 Å². The molecule has 0 aliphatic carbocycles. The Morgan fingerprint density at radius 3 is 2.80 bits per heavy atom. The number of rotatable bonds is 5. The number of nitrogens with one attached hydrogen (secondary N) is 1. The average Bonchev–Trinajstić information content (AvgIpc) is 2.67. The van der Waals surface area contributed by atoms with Crippen LogP contribution in [0.15, 0.2) is 12.5 Å². The van der Waals surface area contributed by atoms with Crippen LogP contribution in [0.2, 0.25) is 0 Å². The molecule has 1 aromatic rings. The first-order valence-corrected chi connectivity index (χ1v) is 6.62. The molecule has 1 N–H and O–H groups in total. The van der Waals surface area contributed by atoms with Gasteiger partial charge in [0.25, 0.3) is 0 Å². The zero-order valence-electron chi connectivity index (χ0n) is 10.2.